The van der Waals surface area contributed by atoms with Gasteiger partial charge in [-0.3, -0.25) is 9.59 Å². The normalized spacial score (nSPS) is 10.4. The first-order valence-corrected chi connectivity index (χ1v) is 8.37. The van der Waals surface area contributed by atoms with Gasteiger partial charge in [-0.15, -0.1) is 0 Å². The van der Waals surface area contributed by atoms with Crippen molar-refractivity contribution in [2.75, 3.05) is 10.6 Å². The van der Waals surface area contributed by atoms with E-state index in [0.29, 0.717) is 28.3 Å². The van der Waals surface area contributed by atoms with Crippen molar-refractivity contribution in [1.82, 2.24) is 9.97 Å². The Morgan fingerprint density at radius 1 is 0.926 bits per heavy atom. The molecule has 0 aliphatic rings. The van der Waals surface area contributed by atoms with Gasteiger partial charge in [-0.05, 0) is 44.2 Å². The number of para-hydroxylation sites is 2. The van der Waals surface area contributed by atoms with Crippen LogP contribution < -0.4 is 10.6 Å². The lowest BCUT2D eigenvalue weighted by molar-refractivity contribution is -0.113. The highest BCUT2D eigenvalue weighted by Gasteiger charge is 2.12. The predicted octanol–water partition coefficient (Wildman–Crippen LogP) is 4.26. The van der Waals surface area contributed by atoms with Gasteiger partial charge in [0.15, 0.2) is 0 Å². The minimum Gasteiger partial charge on any atom is -0.338 e. The molecule has 136 valence electrons. The largest absolute Gasteiger partial charge is 0.338 e. The van der Waals surface area contributed by atoms with E-state index >= 15 is 0 Å². The Morgan fingerprint density at radius 3 is 2.00 bits per heavy atom. The summed E-state index contributed by atoms with van der Waals surface area (Å²) in [5.74, 6) is 0.0383. The zero-order valence-corrected chi connectivity index (χ0v) is 15.2. The Balaban J connectivity index is 2.05. The zero-order chi connectivity index (χ0) is 19.6. The standard InChI is InChI=1S/C21H20N4O2/c1-12(2)20(26)22-15-9-14(10-16(11-15)23-21(27)13(3)4)19-24-17-7-5-6-8-18(17)25-19/h5-11H,1,3H2,2,4H3,(H,22,26)(H,23,27)(H,24,25). The molecule has 3 rings (SSSR count). The summed E-state index contributed by atoms with van der Waals surface area (Å²) in [5, 5.41) is 5.55. The SMILES string of the molecule is C=C(C)C(=O)Nc1cc(NC(=O)C(=C)C)cc(-c2nc3ccccc3[nH]2)c1. The van der Waals surface area contributed by atoms with Gasteiger partial charge in [0.05, 0.1) is 11.0 Å². The average Bonchev–Trinajstić information content (AvgIpc) is 3.05. The van der Waals surface area contributed by atoms with Gasteiger partial charge < -0.3 is 15.6 Å². The van der Waals surface area contributed by atoms with Crippen LogP contribution in [0.15, 0.2) is 66.8 Å². The number of rotatable bonds is 5. The van der Waals surface area contributed by atoms with Gasteiger partial charge in [-0.1, -0.05) is 25.3 Å². The van der Waals surface area contributed by atoms with Gasteiger partial charge in [0.2, 0.25) is 0 Å². The van der Waals surface area contributed by atoms with Crippen LogP contribution in [0.4, 0.5) is 11.4 Å². The number of anilines is 2. The third-order valence-corrected chi connectivity index (χ3v) is 3.89. The molecule has 0 bridgehead atoms. The molecule has 0 radical (unpaired) electrons. The number of hydrogen-bond acceptors (Lipinski definition) is 3. The van der Waals surface area contributed by atoms with Crippen LogP contribution in [0.2, 0.25) is 0 Å². The van der Waals surface area contributed by atoms with Crippen LogP contribution in [0.25, 0.3) is 22.4 Å². The molecule has 1 aromatic heterocycles. The molecule has 0 unspecified atom stereocenters. The van der Waals surface area contributed by atoms with Crippen molar-refractivity contribution in [2.24, 2.45) is 0 Å². The number of amides is 2. The van der Waals surface area contributed by atoms with Crippen LogP contribution in [-0.2, 0) is 9.59 Å². The summed E-state index contributed by atoms with van der Waals surface area (Å²) in [6.07, 6.45) is 0. The van der Waals surface area contributed by atoms with Gasteiger partial charge in [-0.2, -0.15) is 0 Å². The highest BCUT2D eigenvalue weighted by atomic mass is 16.2. The number of aromatic amines is 1. The number of benzene rings is 2. The van der Waals surface area contributed by atoms with Gasteiger partial charge in [0, 0.05) is 28.1 Å². The molecule has 2 amide bonds. The highest BCUT2D eigenvalue weighted by Crippen LogP contribution is 2.28. The van der Waals surface area contributed by atoms with Crippen molar-refractivity contribution in [3.05, 3.63) is 66.8 Å². The molecule has 3 aromatic rings. The maximum atomic E-state index is 12.0. The van der Waals surface area contributed by atoms with Crippen molar-refractivity contribution in [1.29, 1.82) is 0 Å². The number of imidazole rings is 1. The summed E-state index contributed by atoms with van der Waals surface area (Å²) in [6.45, 7) is 10.5. The molecule has 0 atom stereocenters. The Kier molecular flexibility index (Phi) is 4.90. The van der Waals surface area contributed by atoms with E-state index in [1.165, 1.54) is 0 Å². The fraction of sp³-hybridized carbons (Fsp3) is 0.0952. The smallest absolute Gasteiger partial charge is 0.250 e. The number of H-pyrrole nitrogens is 1. The average molecular weight is 360 g/mol. The van der Waals surface area contributed by atoms with E-state index < -0.39 is 0 Å². The number of fused-ring (bicyclic) bond motifs is 1. The molecule has 0 aliphatic heterocycles. The quantitative estimate of drug-likeness (QED) is 0.594. The van der Waals surface area contributed by atoms with Crippen LogP contribution >= 0.6 is 0 Å². The fourth-order valence-electron chi connectivity index (χ4n) is 2.47. The number of aromatic nitrogens is 2. The van der Waals surface area contributed by atoms with Crippen LogP contribution in [0.1, 0.15) is 13.8 Å². The maximum Gasteiger partial charge on any atom is 0.250 e. The fourth-order valence-corrected chi connectivity index (χ4v) is 2.47. The van der Waals surface area contributed by atoms with E-state index in [0.717, 1.165) is 16.6 Å². The number of hydrogen-bond donors (Lipinski definition) is 3. The third-order valence-electron chi connectivity index (χ3n) is 3.89. The number of nitrogens with zero attached hydrogens (tertiary/aromatic N) is 1. The molecule has 0 spiro atoms. The lowest BCUT2D eigenvalue weighted by atomic mass is 10.1. The van der Waals surface area contributed by atoms with Crippen molar-refractivity contribution in [2.45, 2.75) is 13.8 Å². The number of nitrogens with one attached hydrogen (secondary N) is 3. The summed E-state index contributed by atoms with van der Waals surface area (Å²) >= 11 is 0. The molecular formula is C21H20N4O2. The molecule has 0 aliphatic carbocycles. The van der Waals surface area contributed by atoms with Gasteiger partial charge in [0.25, 0.3) is 11.8 Å². The predicted molar refractivity (Wildman–Crippen MR) is 108 cm³/mol. The molecule has 2 aromatic carbocycles. The second-order valence-corrected chi connectivity index (χ2v) is 6.37. The van der Waals surface area contributed by atoms with E-state index in [1.54, 1.807) is 32.0 Å². The Labute approximate surface area is 157 Å². The summed E-state index contributed by atoms with van der Waals surface area (Å²) in [5.41, 5.74) is 4.28. The second-order valence-electron chi connectivity index (χ2n) is 6.37. The van der Waals surface area contributed by atoms with E-state index in [4.69, 9.17) is 0 Å². The summed E-state index contributed by atoms with van der Waals surface area (Å²) in [6, 6.07) is 12.9. The molecule has 6 heteroatoms. The second kappa shape index (κ2) is 7.29. The van der Waals surface area contributed by atoms with Gasteiger partial charge in [0.1, 0.15) is 5.82 Å². The maximum absolute atomic E-state index is 12.0. The highest BCUT2D eigenvalue weighted by molar-refractivity contribution is 6.05. The third kappa shape index (κ3) is 4.12. The Morgan fingerprint density at radius 2 is 1.48 bits per heavy atom. The summed E-state index contributed by atoms with van der Waals surface area (Å²) < 4.78 is 0. The first kappa shape index (κ1) is 18.1. The van der Waals surface area contributed by atoms with E-state index in [1.807, 2.05) is 24.3 Å². The molecule has 6 nitrogen and oxygen atoms in total. The van der Waals surface area contributed by atoms with Crippen LogP contribution in [0.5, 0.6) is 0 Å². The first-order chi connectivity index (χ1) is 12.8. The molecule has 0 fully saturated rings. The van der Waals surface area contributed by atoms with Crippen molar-refractivity contribution < 1.29 is 9.59 Å². The lowest BCUT2D eigenvalue weighted by Gasteiger charge is -2.11. The van der Waals surface area contributed by atoms with Crippen molar-refractivity contribution in [3.8, 4) is 11.4 Å². The van der Waals surface area contributed by atoms with E-state index in [2.05, 4.69) is 33.8 Å². The first-order valence-electron chi connectivity index (χ1n) is 8.37. The van der Waals surface area contributed by atoms with E-state index in [-0.39, 0.29) is 11.8 Å². The van der Waals surface area contributed by atoms with Crippen LogP contribution in [0.3, 0.4) is 0 Å². The summed E-state index contributed by atoms with van der Waals surface area (Å²) in [7, 11) is 0. The molecule has 27 heavy (non-hydrogen) atoms. The topological polar surface area (TPSA) is 86.9 Å². The van der Waals surface area contributed by atoms with Crippen LogP contribution in [-0.4, -0.2) is 21.8 Å². The Hall–Kier alpha value is -3.67. The molecule has 3 N–H and O–H groups in total. The molecular weight excluding hydrogens is 340 g/mol. The van der Waals surface area contributed by atoms with Crippen molar-refractivity contribution >= 4 is 34.2 Å². The van der Waals surface area contributed by atoms with Crippen molar-refractivity contribution in [3.63, 3.8) is 0 Å². The number of carbonyl (C=O) groups is 2. The summed E-state index contributed by atoms with van der Waals surface area (Å²) in [4.78, 5) is 31.8. The minimum atomic E-state index is -0.297. The lowest BCUT2D eigenvalue weighted by Crippen LogP contribution is -2.14. The minimum absolute atomic E-state index is 0.297. The molecule has 0 saturated carbocycles. The molecule has 1 heterocycles. The molecule has 0 saturated heterocycles. The Bertz CT molecular complexity index is 999. The monoisotopic (exact) mass is 360 g/mol. The van der Waals surface area contributed by atoms with Gasteiger partial charge in [-0.25, -0.2) is 4.98 Å². The zero-order valence-electron chi connectivity index (χ0n) is 15.2. The van der Waals surface area contributed by atoms with Crippen LogP contribution in [0, 0.1) is 0 Å². The van der Waals surface area contributed by atoms with Gasteiger partial charge >= 0.3 is 0 Å². The van der Waals surface area contributed by atoms with E-state index in [9.17, 15) is 9.59 Å². The number of carbonyl (C=O) groups excluding carboxylic acids is 2.